The lowest BCUT2D eigenvalue weighted by atomic mass is 9.94. The third kappa shape index (κ3) is 4.31. The topological polar surface area (TPSA) is 82.1 Å². The van der Waals surface area contributed by atoms with Gasteiger partial charge in [0.25, 0.3) is 11.8 Å². The van der Waals surface area contributed by atoms with Crippen LogP contribution in [0.5, 0.6) is 0 Å². The van der Waals surface area contributed by atoms with Crippen molar-refractivity contribution >= 4 is 28.7 Å². The van der Waals surface area contributed by atoms with E-state index in [9.17, 15) is 14.4 Å². The lowest BCUT2D eigenvalue weighted by Gasteiger charge is -2.27. The van der Waals surface area contributed by atoms with Crippen LogP contribution in [0.25, 0.3) is 10.8 Å². The summed E-state index contributed by atoms with van der Waals surface area (Å²) in [7, 11) is 1.62. The molecule has 0 N–H and O–H groups in total. The fourth-order valence-electron chi connectivity index (χ4n) is 3.21. The van der Waals surface area contributed by atoms with Crippen molar-refractivity contribution in [1.82, 2.24) is 4.90 Å². The molecular formula is C21H23NO6. The minimum atomic E-state index is -0.746. The number of nitrogens with zero attached hydrogens (tertiary/aromatic N) is 1. The normalized spacial score (nSPS) is 13.1. The second-order valence-corrected chi connectivity index (χ2v) is 6.47. The average molecular weight is 385 g/mol. The summed E-state index contributed by atoms with van der Waals surface area (Å²) in [5, 5.41) is 1.57. The van der Waals surface area contributed by atoms with Crippen LogP contribution >= 0.6 is 0 Å². The molecule has 0 saturated heterocycles. The molecule has 0 aromatic heterocycles. The van der Waals surface area contributed by atoms with Gasteiger partial charge in [-0.15, -0.1) is 0 Å². The highest BCUT2D eigenvalue weighted by atomic mass is 16.7. The van der Waals surface area contributed by atoms with Gasteiger partial charge < -0.3 is 14.2 Å². The molecule has 1 heterocycles. The van der Waals surface area contributed by atoms with Crippen molar-refractivity contribution in [3.63, 3.8) is 0 Å². The van der Waals surface area contributed by atoms with E-state index in [0.29, 0.717) is 36.0 Å². The predicted octanol–water partition coefficient (Wildman–Crippen LogP) is 3.41. The maximum atomic E-state index is 12.7. The Hall–Kier alpha value is -2.93. The zero-order chi connectivity index (χ0) is 19.9. The molecule has 1 aliphatic heterocycles. The van der Waals surface area contributed by atoms with Crippen LogP contribution in [0.1, 0.15) is 40.0 Å². The Morgan fingerprint density at radius 2 is 1.43 bits per heavy atom. The third-order valence-electron chi connectivity index (χ3n) is 4.56. The second-order valence-electron chi connectivity index (χ2n) is 6.47. The first-order valence-electron chi connectivity index (χ1n) is 9.30. The zero-order valence-electron chi connectivity index (χ0n) is 15.8. The largest absolute Gasteiger partial charge is 0.508 e. The molecule has 0 saturated carbocycles. The lowest BCUT2D eigenvalue weighted by molar-refractivity contribution is 0.0476. The first-order valence-corrected chi connectivity index (χ1v) is 9.30. The summed E-state index contributed by atoms with van der Waals surface area (Å²) in [6, 6.07) is 10.8. The van der Waals surface area contributed by atoms with Gasteiger partial charge in [-0.25, -0.2) is 4.79 Å². The number of carbonyl (C=O) groups is 3. The van der Waals surface area contributed by atoms with Crippen LogP contribution in [0, 0.1) is 0 Å². The first kappa shape index (κ1) is 19.8. The zero-order valence-corrected chi connectivity index (χ0v) is 15.8. The lowest BCUT2D eigenvalue weighted by Crippen LogP contribution is -2.41. The monoisotopic (exact) mass is 385 g/mol. The average Bonchev–Trinajstić information content (AvgIpc) is 2.71. The Morgan fingerprint density at radius 3 is 2.04 bits per heavy atom. The van der Waals surface area contributed by atoms with Crippen LogP contribution in [0.4, 0.5) is 4.79 Å². The molecule has 1 aliphatic rings. The number of methoxy groups -OCH3 is 1. The number of ether oxygens (including phenoxy) is 3. The molecule has 2 aromatic rings. The van der Waals surface area contributed by atoms with E-state index in [1.54, 1.807) is 31.4 Å². The van der Waals surface area contributed by atoms with Crippen molar-refractivity contribution in [3.8, 4) is 0 Å². The van der Waals surface area contributed by atoms with Gasteiger partial charge in [-0.3, -0.25) is 14.5 Å². The van der Waals surface area contributed by atoms with E-state index in [4.69, 9.17) is 14.2 Å². The second kappa shape index (κ2) is 9.32. The molecule has 0 aliphatic carbocycles. The summed E-state index contributed by atoms with van der Waals surface area (Å²) in [6.45, 7) is 1.13. The number of unbranched alkanes of at least 4 members (excludes halogenated alkanes) is 1. The summed E-state index contributed by atoms with van der Waals surface area (Å²) >= 11 is 0. The molecule has 0 bridgehead atoms. The van der Waals surface area contributed by atoms with Crippen molar-refractivity contribution in [1.29, 1.82) is 0 Å². The molecular weight excluding hydrogens is 362 g/mol. The summed E-state index contributed by atoms with van der Waals surface area (Å²) in [6.07, 6.45) is 1.10. The summed E-state index contributed by atoms with van der Waals surface area (Å²) in [5.41, 5.74) is 1.04. The molecule has 2 aromatic carbocycles. The molecule has 0 atom stereocenters. The van der Waals surface area contributed by atoms with Crippen LogP contribution in [0.15, 0.2) is 36.4 Å². The van der Waals surface area contributed by atoms with Gasteiger partial charge in [0.05, 0.1) is 13.2 Å². The van der Waals surface area contributed by atoms with E-state index >= 15 is 0 Å². The third-order valence-corrected chi connectivity index (χ3v) is 4.56. The number of amides is 2. The number of rotatable bonds is 9. The fourth-order valence-corrected chi connectivity index (χ4v) is 3.21. The number of imide groups is 1. The quantitative estimate of drug-likeness (QED) is 0.374. The fraction of sp³-hybridized carbons (Fsp3) is 0.381. The van der Waals surface area contributed by atoms with Crippen molar-refractivity contribution in [2.24, 2.45) is 0 Å². The van der Waals surface area contributed by atoms with Gasteiger partial charge in [0.1, 0.15) is 0 Å². The number of hydrogen-bond donors (Lipinski definition) is 0. The Kier molecular flexibility index (Phi) is 6.60. The highest BCUT2D eigenvalue weighted by Gasteiger charge is 2.32. The first-order chi connectivity index (χ1) is 13.6. The highest BCUT2D eigenvalue weighted by Crippen LogP contribution is 2.29. The number of hydrogen-bond acceptors (Lipinski definition) is 6. The number of benzene rings is 2. The van der Waals surface area contributed by atoms with Crippen molar-refractivity contribution in [3.05, 3.63) is 47.5 Å². The Bertz CT molecular complexity index is 828. The minimum absolute atomic E-state index is 0.0693. The molecule has 0 spiro atoms. The van der Waals surface area contributed by atoms with E-state index in [2.05, 4.69) is 0 Å². The molecule has 0 fully saturated rings. The van der Waals surface area contributed by atoms with Crippen molar-refractivity contribution < 1.29 is 28.6 Å². The molecule has 28 heavy (non-hydrogen) atoms. The van der Waals surface area contributed by atoms with Gasteiger partial charge in [0.2, 0.25) is 0 Å². The van der Waals surface area contributed by atoms with E-state index in [1.807, 2.05) is 12.1 Å². The smallest absolute Gasteiger partial charge is 0.434 e. The molecule has 7 nitrogen and oxygen atoms in total. The van der Waals surface area contributed by atoms with Gasteiger partial charge in [-0.2, -0.15) is 0 Å². The molecule has 148 valence electrons. The van der Waals surface area contributed by atoms with Crippen molar-refractivity contribution in [2.45, 2.75) is 19.3 Å². The van der Waals surface area contributed by atoms with Crippen LogP contribution in [-0.2, 0) is 14.2 Å². The van der Waals surface area contributed by atoms with E-state index in [0.717, 1.165) is 11.8 Å². The number of carbonyl (C=O) groups excluding carboxylic acids is 3. The Labute approximate surface area is 163 Å². The molecule has 0 radical (unpaired) electrons. The molecule has 3 rings (SSSR count). The van der Waals surface area contributed by atoms with Crippen LogP contribution in [-0.4, -0.2) is 56.3 Å². The minimum Gasteiger partial charge on any atom is -0.434 e. The molecule has 7 heteroatoms. The molecule has 0 unspecified atom stereocenters. The van der Waals surface area contributed by atoms with Crippen molar-refractivity contribution in [2.75, 3.05) is 33.5 Å². The van der Waals surface area contributed by atoms with Crippen LogP contribution < -0.4 is 0 Å². The SMILES string of the molecule is COCCCCOC(=O)OCCCN1C(=O)c2cccc3cccc(c23)C1=O. The van der Waals surface area contributed by atoms with Crippen LogP contribution in [0.2, 0.25) is 0 Å². The van der Waals surface area contributed by atoms with E-state index in [1.165, 1.54) is 4.90 Å². The van der Waals surface area contributed by atoms with Gasteiger partial charge in [-0.05, 0) is 36.8 Å². The Morgan fingerprint density at radius 1 is 0.857 bits per heavy atom. The maximum absolute atomic E-state index is 12.7. The van der Waals surface area contributed by atoms with Gasteiger partial charge in [0.15, 0.2) is 0 Å². The van der Waals surface area contributed by atoms with E-state index in [-0.39, 0.29) is 31.6 Å². The van der Waals surface area contributed by atoms with Gasteiger partial charge in [-0.1, -0.05) is 24.3 Å². The summed E-state index contributed by atoms with van der Waals surface area (Å²) in [5.74, 6) is -0.648. The van der Waals surface area contributed by atoms with E-state index < -0.39 is 6.16 Å². The maximum Gasteiger partial charge on any atom is 0.508 e. The van der Waals surface area contributed by atoms with Gasteiger partial charge >= 0.3 is 6.16 Å². The summed E-state index contributed by atoms with van der Waals surface area (Å²) < 4.78 is 14.9. The predicted molar refractivity (Wildman–Crippen MR) is 102 cm³/mol. The standard InChI is InChI=1S/C21H23NO6/c1-26-12-2-3-13-27-21(25)28-14-6-11-22-19(23)16-9-4-7-15-8-5-10-17(18(15)16)20(22)24/h4-5,7-10H,2-3,6,11-14H2,1H3. The highest BCUT2D eigenvalue weighted by molar-refractivity contribution is 6.25. The summed E-state index contributed by atoms with van der Waals surface area (Å²) in [4.78, 5) is 38.2. The Balaban J connectivity index is 1.50. The van der Waals surface area contributed by atoms with Gasteiger partial charge in [0, 0.05) is 36.8 Å². The van der Waals surface area contributed by atoms with Crippen LogP contribution in [0.3, 0.4) is 0 Å². The molecule has 2 amide bonds.